The van der Waals surface area contributed by atoms with Crippen LogP contribution in [0.4, 0.5) is 10.7 Å². The number of thioether (sulfide) groups is 1. The SMILES string of the molecule is N#Cc1c(NC(=O)C(Sc2cccc(NC(=O)/C(=C\c3ccc(OCc4ccccc4)cc3)NC(=O)c3ccccc3)c2)c2ccccc2)sc2c1CCN(Cc1ccccc1)C2. The molecule has 1 aliphatic rings. The van der Waals surface area contributed by atoms with Crippen LogP contribution in [-0.4, -0.2) is 29.2 Å². The van der Waals surface area contributed by atoms with Crippen molar-refractivity contribution in [3.63, 3.8) is 0 Å². The molecule has 1 aromatic heterocycles. The van der Waals surface area contributed by atoms with Crippen LogP contribution < -0.4 is 20.7 Å². The third-order valence-electron chi connectivity index (χ3n) is 10.4. The van der Waals surface area contributed by atoms with Crippen LogP contribution in [0.1, 0.15) is 53.9 Å². The first-order valence-corrected chi connectivity index (χ1v) is 22.2. The first-order valence-electron chi connectivity index (χ1n) is 20.5. The van der Waals surface area contributed by atoms with Gasteiger partial charge in [0.1, 0.15) is 34.4 Å². The van der Waals surface area contributed by atoms with Crippen LogP contribution in [0.3, 0.4) is 0 Å². The van der Waals surface area contributed by atoms with E-state index in [0.717, 1.165) is 46.0 Å². The van der Waals surface area contributed by atoms with Crippen LogP contribution in [-0.2, 0) is 35.7 Å². The Labute approximate surface area is 375 Å². The van der Waals surface area contributed by atoms with Gasteiger partial charge >= 0.3 is 0 Å². The molecule has 3 amide bonds. The maximum Gasteiger partial charge on any atom is 0.272 e. The van der Waals surface area contributed by atoms with Crippen molar-refractivity contribution < 1.29 is 19.1 Å². The monoisotopic (exact) mass is 865 g/mol. The normalized spacial score (nSPS) is 12.9. The number of carbonyl (C=O) groups is 3. The lowest BCUT2D eigenvalue weighted by Crippen LogP contribution is -2.30. The molecule has 1 aliphatic heterocycles. The first-order chi connectivity index (χ1) is 30.9. The molecule has 0 saturated heterocycles. The topological polar surface area (TPSA) is 124 Å². The Morgan fingerprint density at radius 2 is 1.44 bits per heavy atom. The van der Waals surface area contributed by atoms with Gasteiger partial charge in [-0.05, 0) is 82.8 Å². The predicted octanol–water partition coefficient (Wildman–Crippen LogP) is 10.6. The number of hydrogen-bond donors (Lipinski definition) is 3. The quantitative estimate of drug-likeness (QED) is 0.0693. The van der Waals surface area contributed by atoms with Gasteiger partial charge in [0.25, 0.3) is 11.8 Å². The highest BCUT2D eigenvalue weighted by atomic mass is 32.2. The van der Waals surface area contributed by atoms with Gasteiger partial charge in [-0.1, -0.05) is 127 Å². The number of amides is 3. The smallest absolute Gasteiger partial charge is 0.272 e. The van der Waals surface area contributed by atoms with Crippen molar-refractivity contribution in [3.8, 4) is 11.8 Å². The zero-order chi connectivity index (χ0) is 43.4. The Morgan fingerprint density at radius 1 is 0.778 bits per heavy atom. The summed E-state index contributed by atoms with van der Waals surface area (Å²) >= 11 is 2.81. The molecule has 7 aromatic rings. The minimum Gasteiger partial charge on any atom is -0.489 e. The summed E-state index contributed by atoms with van der Waals surface area (Å²) < 4.78 is 5.95. The summed E-state index contributed by atoms with van der Waals surface area (Å²) in [6.45, 7) is 2.76. The number of rotatable bonds is 15. The van der Waals surface area contributed by atoms with Crippen LogP contribution in [0.5, 0.6) is 5.75 Å². The number of nitrogens with zero attached hydrogens (tertiary/aromatic N) is 2. The summed E-state index contributed by atoms with van der Waals surface area (Å²) in [6, 6.07) is 55.3. The minimum atomic E-state index is -0.683. The molecule has 2 heterocycles. The number of nitrogens with one attached hydrogen (secondary N) is 3. The van der Waals surface area contributed by atoms with Crippen molar-refractivity contribution >= 4 is 57.6 Å². The molecule has 1 atom stereocenters. The zero-order valence-electron chi connectivity index (χ0n) is 34.2. The van der Waals surface area contributed by atoms with Crippen molar-refractivity contribution in [1.82, 2.24) is 10.2 Å². The van der Waals surface area contributed by atoms with E-state index in [-0.39, 0.29) is 11.6 Å². The molecule has 312 valence electrons. The number of benzene rings is 6. The Hall–Kier alpha value is -7.23. The second-order valence-corrected chi connectivity index (χ2v) is 17.2. The van der Waals surface area contributed by atoms with Crippen molar-refractivity contribution in [2.75, 3.05) is 17.2 Å². The highest BCUT2D eigenvalue weighted by molar-refractivity contribution is 8.00. The van der Waals surface area contributed by atoms with Gasteiger partial charge in [-0.3, -0.25) is 19.3 Å². The van der Waals surface area contributed by atoms with Crippen LogP contribution in [0.2, 0.25) is 0 Å². The summed E-state index contributed by atoms with van der Waals surface area (Å²) in [4.78, 5) is 45.8. The fourth-order valence-electron chi connectivity index (χ4n) is 7.21. The van der Waals surface area contributed by atoms with Gasteiger partial charge in [-0.25, -0.2) is 0 Å². The molecule has 3 N–H and O–H groups in total. The third-order valence-corrected chi connectivity index (χ3v) is 12.8. The second-order valence-electron chi connectivity index (χ2n) is 14.9. The van der Waals surface area contributed by atoms with E-state index < -0.39 is 17.1 Å². The van der Waals surface area contributed by atoms with Crippen molar-refractivity contribution in [2.24, 2.45) is 0 Å². The van der Waals surface area contributed by atoms with E-state index in [2.05, 4.69) is 39.1 Å². The summed E-state index contributed by atoms with van der Waals surface area (Å²) in [7, 11) is 0. The molecule has 9 nitrogen and oxygen atoms in total. The number of fused-ring (bicyclic) bond motifs is 1. The highest BCUT2D eigenvalue weighted by Gasteiger charge is 2.29. The van der Waals surface area contributed by atoms with E-state index in [4.69, 9.17) is 4.74 Å². The fourth-order valence-corrected chi connectivity index (χ4v) is 9.54. The van der Waals surface area contributed by atoms with E-state index in [0.29, 0.717) is 46.3 Å². The minimum absolute atomic E-state index is 0.0385. The Balaban J connectivity index is 0.988. The number of anilines is 2. The molecule has 0 saturated carbocycles. The molecule has 0 aliphatic carbocycles. The van der Waals surface area contributed by atoms with E-state index in [1.165, 1.54) is 28.7 Å². The molecule has 63 heavy (non-hydrogen) atoms. The summed E-state index contributed by atoms with van der Waals surface area (Å²) in [5.74, 6) is -0.562. The molecule has 6 aromatic carbocycles. The lowest BCUT2D eigenvalue weighted by Gasteiger charge is -2.26. The Kier molecular flexibility index (Phi) is 13.9. The van der Waals surface area contributed by atoms with Gasteiger partial charge in [-0.15, -0.1) is 23.1 Å². The molecule has 0 spiro atoms. The maximum absolute atomic E-state index is 14.3. The zero-order valence-corrected chi connectivity index (χ0v) is 35.8. The van der Waals surface area contributed by atoms with E-state index in [1.54, 1.807) is 48.5 Å². The molecular formula is C52H43N5O4S2. The Bertz CT molecular complexity index is 2760. The first kappa shape index (κ1) is 42.5. The number of nitriles is 1. The maximum atomic E-state index is 14.3. The van der Waals surface area contributed by atoms with E-state index in [1.807, 2.05) is 115 Å². The highest BCUT2D eigenvalue weighted by Crippen LogP contribution is 2.41. The van der Waals surface area contributed by atoms with Crippen molar-refractivity contribution in [1.29, 1.82) is 5.26 Å². The molecule has 8 rings (SSSR count). The molecular weight excluding hydrogens is 823 g/mol. The standard InChI is InChI=1S/C52H43N5O4S2/c53-32-45-44-28-29-57(33-37-14-5-1-6-15-37)34-47(44)63-52(45)56-51(60)48(39-18-9-3-10-19-39)62-43-23-13-22-41(31-43)54-50(59)46(55-49(58)40-20-11-4-12-21-40)30-36-24-26-42(27-25-36)61-35-38-16-7-2-8-17-38/h1-27,30-31,48H,28-29,33-35H2,(H,54,59)(H,55,58)(H,56,60)/b46-30+. The van der Waals surface area contributed by atoms with Gasteiger partial charge < -0.3 is 20.7 Å². The van der Waals surface area contributed by atoms with Crippen molar-refractivity contribution in [2.45, 2.75) is 36.3 Å². The molecule has 1 unspecified atom stereocenters. The lowest BCUT2D eigenvalue weighted by atomic mass is 10.0. The number of carbonyl (C=O) groups excluding carboxylic acids is 3. The van der Waals surface area contributed by atoms with Gasteiger partial charge in [-0.2, -0.15) is 5.26 Å². The van der Waals surface area contributed by atoms with Crippen LogP contribution in [0.15, 0.2) is 180 Å². The summed E-state index contributed by atoms with van der Waals surface area (Å²) in [6.07, 6.45) is 2.35. The molecule has 0 radical (unpaired) electrons. The van der Waals surface area contributed by atoms with Gasteiger partial charge in [0.05, 0.1) is 5.56 Å². The Morgan fingerprint density at radius 3 is 2.14 bits per heavy atom. The van der Waals surface area contributed by atoms with Crippen LogP contribution >= 0.6 is 23.1 Å². The molecule has 0 bridgehead atoms. The predicted molar refractivity (Wildman–Crippen MR) is 251 cm³/mol. The third kappa shape index (κ3) is 11.2. The van der Waals surface area contributed by atoms with Gasteiger partial charge in [0.2, 0.25) is 5.91 Å². The van der Waals surface area contributed by atoms with Crippen LogP contribution in [0, 0.1) is 11.3 Å². The van der Waals surface area contributed by atoms with Crippen LogP contribution in [0.25, 0.3) is 6.08 Å². The summed E-state index contributed by atoms with van der Waals surface area (Å²) in [5.41, 5.74) is 6.19. The number of ether oxygens (including phenoxy) is 1. The van der Waals surface area contributed by atoms with Gasteiger partial charge in [0.15, 0.2) is 0 Å². The molecule has 11 heteroatoms. The van der Waals surface area contributed by atoms with E-state index >= 15 is 0 Å². The second kappa shape index (κ2) is 20.6. The lowest BCUT2D eigenvalue weighted by molar-refractivity contribution is -0.116. The average Bonchev–Trinajstić information content (AvgIpc) is 3.67. The summed E-state index contributed by atoms with van der Waals surface area (Å²) in [5, 5.41) is 19.0. The largest absolute Gasteiger partial charge is 0.489 e. The number of thiophene rings is 1. The van der Waals surface area contributed by atoms with E-state index in [9.17, 15) is 19.6 Å². The van der Waals surface area contributed by atoms with Crippen molar-refractivity contribution in [3.05, 3.63) is 219 Å². The average molecular weight is 866 g/mol. The fraction of sp³-hybridized carbons (Fsp3) is 0.115. The van der Waals surface area contributed by atoms with Gasteiger partial charge in [0, 0.05) is 40.7 Å². The number of hydrogen-bond acceptors (Lipinski definition) is 8. The molecule has 0 fully saturated rings.